The van der Waals surface area contributed by atoms with Crippen LogP contribution in [0.3, 0.4) is 0 Å². The maximum atomic E-state index is 11.2. The number of amides is 2. The van der Waals surface area contributed by atoms with Crippen LogP contribution in [-0.2, 0) is 9.53 Å². The first-order chi connectivity index (χ1) is 7.13. The Hall–Kier alpha value is -1.30. The highest BCUT2D eigenvalue weighted by atomic mass is 35.5. The van der Waals surface area contributed by atoms with E-state index >= 15 is 0 Å². The van der Waals surface area contributed by atoms with Crippen molar-refractivity contribution in [2.75, 3.05) is 19.7 Å². The molecule has 6 nitrogen and oxygen atoms in total. The Morgan fingerprint density at radius 1 is 1.56 bits per heavy atom. The second-order valence-corrected chi connectivity index (χ2v) is 3.20. The molecule has 2 amide bonds. The van der Waals surface area contributed by atoms with Crippen LogP contribution in [0.1, 0.15) is 19.8 Å². The lowest BCUT2D eigenvalue weighted by Crippen LogP contribution is -2.33. The van der Waals surface area contributed by atoms with E-state index in [1.54, 1.807) is 11.8 Å². The van der Waals surface area contributed by atoms with Crippen molar-refractivity contribution < 1.29 is 14.3 Å². The van der Waals surface area contributed by atoms with Crippen LogP contribution < -0.4 is 5.73 Å². The van der Waals surface area contributed by atoms with E-state index < -0.39 is 6.03 Å². The molecule has 0 saturated carbocycles. The molecule has 0 unspecified atom stereocenters. The van der Waals surface area contributed by atoms with Crippen molar-refractivity contribution in [3.63, 3.8) is 0 Å². The minimum atomic E-state index is -0.722. The van der Waals surface area contributed by atoms with Crippen molar-refractivity contribution in [2.24, 2.45) is 10.7 Å². The summed E-state index contributed by atoms with van der Waals surface area (Å²) in [5.74, 6) is 0.270. The van der Waals surface area contributed by atoms with Gasteiger partial charge in [-0.2, -0.15) is 4.99 Å². The van der Waals surface area contributed by atoms with Crippen LogP contribution in [0.25, 0.3) is 0 Å². The molecule has 1 aliphatic rings. The van der Waals surface area contributed by atoms with Crippen LogP contribution in [0.5, 0.6) is 0 Å². The highest BCUT2D eigenvalue weighted by Gasteiger charge is 2.21. The summed E-state index contributed by atoms with van der Waals surface area (Å²) in [5, 5.41) is 0. The number of rotatable bonds is 3. The molecule has 16 heavy (non-hydrogen) atoms. The van der Waals surface area contributed by atoms with Crippen molar-refractivity contribution in [2.45, 2.75) is 19.8 Å². The molecule has 0 aromatic rings. The molecule has 0 spiro atoms. The molecule has 1 saturated heterocycles. The molecule has 7 heteroatoms. The fraction of sp³-hybridized carbons (Fsp3) is 0.667. The number of urea groups is 1. The van der Waals surface area contributed by atoms with Gasteiger partial charge in [0, 0.05) is 13.0 Å². The molecule has 1 aliphatic heterocycles. The van der Waals surface area contributed by atoms with E-state index in [-0.39, 0.29) is 24.9 Å². The van der Waals surface area contributed by atoms with E-state index in [4.69, 9.17) is 10.5 Å². The second-order valence-electron chi connectivity index (χ2n) is 3.20. The molecule has 0 bridgehead atoms. The van der Waals surface area contributed by atoms with Crippen molar-refractivity contribution >= 4 is 30.2 Å². The van der Waals surface area contributed by atoms with Gasteiger partial charge < -0.3 is 15.4 Å². The van der Waals surface area contributed by atoms with Crippen LogP contribution in [0.4, 0.5) is 4.79 Å². The predicted molar refractivity (Wildman–Crippen MR) is 61.7 cm³/mol. The Labute approximate surface area is 100 Å². The highest BCUT2D eigenvalue weighted by molar-refractivity contribution is 5.95. The minimum Gasteiger partial charge on any atom is -0.465 e. The van der Waals surface area contributed by atoms with E-state index in [2.05, 4.69) is 4.99 Å². The van der Waals surface area contributed by atoms with Crippen LogP contribution in [-0.4, -0.2) is 42.4 Å². The Balaban J connectivity index is 0.00000225. The number of primary amides is 1. The maximum Gasteiger partial charge on any atom is 0.339 e. The van der Waals surface area contributed by atoms with E-state index in [9.17, 15) is 9.59 Å². The number of likely N-dealkylation sites (tertiary alicyclic amines) is 1. The molecule has 0 atom stereocenters. The summed E-state index contributed by atoms with van der Waals surface area (Å²) in [5.41, 5.74) is 4.95. The van der Waals surface area contributed by atoms with Crippen LogP contribution in [0, 0.1) is 0 Å². The molecule has 1 fully saturated rings. The molecule has 2 N–H and O–H groups in total. The lowest BCUT2D eigenvalue weighted by molar-refractivity contribution is -0.143. The number of hydrogen-bond acceptors (Lipinski definition) is 3. The zero-order valence-corrected chi connectivity index (χ0v) is 9.96. The Morgan fingerprint density at radius 2 is 2.25 bits per heavy atom. The number of carbonyl (C=O) groups is 2. The van der Waals surface area contributed by atoms with Gasteiger partial charge in [0.2, 0.25) is 0 Å². The molecule has 0 aliphatic carbocycles. The number of nitrogens with zero attached hydrogens (tertiary/aromatic N) is 2. The summed E-state index contributed by atoms with van der Waals surface area (Å²) in [4.78, 5) is 27.2. The second kappa shape index (κ2) is 7.05. The fourth-order valence-electron chi connectivity index (χ4n) is 1.50. The summed E-state index contributed by atoms with van der Waals surface area (Å²) in [6.45, 7) is 2.96. The molecule has 1 heterocycles. The summed E-state index contributed by atoms with van der Waals surface area (Å²) < 4.78 is 4.81. The van der Waals surface area contributed by atoms with Gasteiger partial charge in [0.05, 0.1) is 6.61 Å². The van der Waals surface area contributed by atoms with Crippen molar-refractivity contribution in [3.05, 3.63) is 0 Å². The zero-order chi connectivity index (χ0) is 11.3. The first kappa shape index (κ1) is 14.7. The Morgan fingerprint density at radius 3 is 2.81 bits per heavy atom. The monoisotopic (exact) mass is 249 g/mol. The number of carbonyl (C=O) groups excluding carboxylic acids is 2. The zero-order valence-electron chi connectivity index (χ0n) is 9.14. The van der Waals surface area contributed by atoms with Gasteiger partial charge in [0.1, 0.15) is 12.4 Å². The van der Waals surface area contributed by atoms with E-state index in [0.717, 1.165) is 6.42 Å². The molecule has 0 aromatic carbocycles. The average molecular weight is 250 g/mol. The first-order valence-electron chi connectivity index (χ1n) is 4.91. The number of halogens is 1. The van der Waals surface area contributed by atoms with Gasteiger partial charge in [-0.15, -0.1) is 12.4 Å². The van der Waals surface area contributed by atoms with Crippen LogP contribution >= 0.6 is 12.4 Å². The number of amidine groups is 1. The van der Waals surface area contributed by atoms with Gasteiger partial charge in [0.25, 0.3) is 0 Å². The number of esters is 1. The number of nitrogens with two attached hydrogens (primary N) is 1. The van der Waals surface area contributed by atoms with E-state index in [1.165, 1.54) is 0 Å². The molecular weight excluding hydrogens is 234 g/mol. The molecule has 0 aromatic heterocycles. The predicted octanol–water partition coefficient (Wildman–Crippen LogP) is 0.544. The van der Waals surface area contributed by atoms with Gasteiger partial charge in [-0.1, -0.05) is 0 Å². The van der Waals surface area contributed by atoms with Gasteiger partial charge in [0.15, 0.2) is 0 Å². The topological polar surface area (TPSA) is 85.0 Å². The lowest BCUT2D eigenvalue weighted by atomic mass is 10.4. The Kier molecular flexibility index (Phi) is 6.48. The van der Waals surface area contributed by atoms with Crippen molar-refractivity contribution in [1.82, 2.24) is 4.90 Å². The summed E-state index contributed by atoms with van der Waals surface area (Å²) in [6.07, 6.45) is 1.56. The third-order valence-electron chi connectivity index (χ3n) is 2.06. The van der Waals surface area contributed by atoms with E-state index in [0.29, 0.717) is 25.4 Å². The molecule has 0 radical (unpaired) electrons. The quantitative estimate of drug-likeness (QED) is 0.740. The number of hydrogen-bond donors (Lipinski definition) is 1. The van der Waals surface area contributed by atoms with Crippen molar-refractivity contribution in [1.29, 1.82) is 0 Å². The van der Waals surface area contributed by atoms with Crippen molar-refractivity contribution in [3.8, 4) is 0 Å². The van der Waals surface area contributed by atoms with Gasteiger partial charge in [-0.25, -0.2) is 4.79 Å². The molecule has 1 rings (SSSR count). The summed E-state index contributed by atoms with van der Waals surface area (Å²) in [7, 11) is 0. The average Bonchev–Trinajstić information content (AvgIpc) is 2.52. The Bertz CT molecular complexity index is 294. The smallest absolute Gasteiger partial charge is 0.339 e. The van der Waals surface area contributed by atoms with Gasteiger partial charge in [-0.05, 0) is 13.3 Å². The van der Waals surface area contributed by atoms with Crippen LogP contribution in [0.2, 0.25) is 0 Å². The number of ether oxygens (including phenoxy) is 1. The molecule has 92 valence electrons. The summed E-state index contributed by atoms with van der Waals surface area (Å²) in [6, 6.07) is -0.722. The third kappa shape index (κ3) is 4.48. The van der Waals surface area contributed by atoms with Gasteiger partial charge >= 0.3 is 12.0 Å². The molecular formula is C9H16ClN3O3. The standard InChI is InChI=1S/C9H15N3O3.ClH/c1-2-15-8(13)6-12-5-3-4-7(12)11-9(10)14;/h2-6H2,1H3,(H2,10,14);1H/b11-7+;. The van der Waals surface area contributed by atoms with Crippen LogP contribution in [0.15, 0.2) is 4.99 Å². The lowest BCUT2D eigenvalue weighted by Gasteiger charge is -2.16. The largest absolute Gasteiger partial charge is 0.465 e. The minimum absolute atomic E-state index is 0. The van der Waals surface area contributed by atoms with Gasteiger partial charge in [-0.3, -0.25) is 4.79 Å². The maximum absolute atomic E-state index is 11.2. The normalized spacial score (nSPS) is 17.1. The fourth-order valence-corrected chi connectivity index (χ4v) is 1.50. The number of aliphatic imine (C=N–C) groups is 1. The SMILES string of the molecule is CCOC(=O)CN1CCC/C1=N\C(N)=O.Cl. The van der Waals surface area contributed by atoms with E-state index in [1.807, 2.05) is 0 Å². The first-order valence-corrected chi connectivity index (χ1v) is 4.91. The summed E-state index contributed by atoms with van der Waals surface area (Å²) >= 11 is 0. The highest BCUT2D eigenvalue weighted by Crippen LogP contribution is 2.11. The third-order valence-corrected chi connectivity index (χ3v) is 2.06.